The molecule has 1 N–H and O–H groups in total. The minimum Gasteiger partial charge on any atom is -0.324 e. The summed E-state index contributed by atoms with van der Waals surface area (Å²) in [6, 6.07) is 12.0. The average Bonchev–Trinajstić information content (AvgIpc) is 2.59. The zero-order valence-electron chi connectivity index (χ0n) is 13.7. The minimum absolute atomic E-state index is 0.0797. The molecule has 0 unspecified atom stereocenters. The molecule has 132 valence electrons. The first-order valence-electron chi connectivity index (χ1n) is 7.69. The average molecular weight is 372 g/mol. The topological polar surface area (TPSA) is 94.2 Å². The maximum Gasteiger partial charge on any atom is 0.270 e. The first-order valence-corrected chi connectivity index (χ1v) is 8.07. The fraction of sp³-hybridized carbons (Fsp3) is 0.111. The number of nitro groups is 1. The molecule has 0 spiro atoms. The second-order valence-corrected chi connectivity index (χ2v) is 6.20. The normalized spacial score (nSPS) is 10.7. The third-order valence-corrected chi connectivity index (χ3v) is 4.18. The minimum atomic E-state index is -0.509. The molecule has 0 saturated heterocycles. The smallest absolute Gasteiger partial charge is 0.270 e. The molecule has 0 fully saturated rings. The molecule has 1 heterocycles. The molecule has 3 rings (SSSR count). The lowest BCUT2D eigenvalue weighted by Gasteiger charge is -2.12. The molecule has 0 aliphatic carbocycles. The Hall–Kier alpha value is -3.19. The van der Waals surface area contributed by atoms with Gasteiger partial charge in [-0.05, 0) is 42.8 Å². The number of rotatable bonds is 4. The first-order chi connectivity index (χ1) is 12.3. The van der Waals surface area contributed by atoms with E-state index in [-0.39, 0.29) is 23.7 Å². The SMILES string of the molecule is Cc1cc(Cl)ccc1NC(=O)Cn1c(=O)ccc2cc([N+](=O)[O-])ccc21. The van der Waals surface area contributed by atoms with Crippen molar-refractivity contribution in [1.82, 2.24) is 4.57 Å². The molecule has 7 nitrogen and oxygen atoms in total. The van der Waals surface area contributed by atoms with E-state index in [1.165, 1.54) is 34.9 Å². The highest BCUT2D eigenvalue weighted by molar-refractivity contribution is 6.30. The number of nitro benzene ring substituents is 1. The van der Waals surface area contributed by atoms with Gasteiger partial charge in [-0.15, -0.1) is 0 Å². The fourth-order valence-electron chi connectivity index (χ4n) is 2.67. The number of pyridine rings is 1. The summed E-state index contributed by atoms with van der Waals surface area (Å²) in [5.41, 5.74) is 1.40. The van der Waals surface area contributed by atoms with Crippen LogP contribution in [0, 0.1) is 17.0 Å². The van der Waals surface area contributed by atoms with Gasteiger partial charge in [-0.1, -0.05) is 11.6 Å². The zero-order chi connectivity index (χ0) is 18.8. The standard InChI is InChI=1S/C18H14ClN3O4/c1-11-8-13(19)3-5-15(11)20-17(23)10-21-16-6-4-14(22(25)26)9-12(16)2-7-18(21)24/h2-9H,10H2,1H3,(H,20,23). The lowest BCUT2D eigenvalue weighted by atomic mass is 10.2. The molecule has 0 atom stereocenters. The maximum absolute atomic E-state index is 12.4. The van der Waals surface area contributed by atoms with E-state index in [1.807, 2.05) is 6.92 Å². The van der Waals surface area contributed by atoms with Crippen molar-refractivity contribution in [2.24, 2.45) is 0 Å². The Kier molecular flexibility index (Phi) is 4.73. The molecule has 26 heavy (non-hydrogen) atoms. The number of amides is 1. The Bertz CT molecular complexity index is 1090. The van der Waals surface area contributed by atoms with Crippen LogP contribution in [-0.4, -0.2) is 15.4 Å². The van der Waals surface area contributed by atoms with Gasteiger partial charge in [0.2, 0.25) is 5.91 Å². The molecular weight excluding hydrogens is 358 g/mol. The van der Waals surface area contributed by atoms with Gasteiger partial charge in [0.1, 0.15) is 6.54 Å². The Morgan fingerprint density at radius 1 is 1.19 bits per heavy atom. The molecule has 1 aromatic heterocycles. The molecule has 0 aliphatic rings. The molecule has 1 amide bonds. The molecular formula is C18H14ClN3O4. The van der Waals surface area contributed by atoms with Gasteiger partial charge in [-0.3, -0.25) is 24.3 Å². The van der Waals surface area contributed by atoms with Crippen LogP contribution < -0.4 is 10.9 Å². The Labute approximate surface area is 153 Å². The third kappa shape index (κ3) is 3.57. The highest BCUT2D eigenvalue weighted by atomic mass is 35.5. The van der Waals surface area contributed by atoms with Crippen LogP contribution in [0.2, 0.25) is 5.02 Å². The second-order valence-electron chi connectivity index (χ2n) is 5.77. The van der Waals surface area contributed by atoms with Crippen molar-refractivity contribution >= 4 is 39.8 Å². The van der Waals surface area contributed by atoms with Crippen LogP contribution in [-0.2, 0) is 11.3 Å². The van der Waals surface area contributed by atoms with Crippen LogP contribution in [0.1, 0.15) is 5.56 Å². The highest BCUT2D eigenvalue weighted by Crippen LogP contribution is 2.21. The molecule has 0 saturated carbocycles. The van der Waals surface area contributed by atoms with Crippen molar-refractivity contribution in [2.45, 2.75) is 13.5 Å². The van der Waals surface area contributed by atoms with Gasteiger partial charge < -0.3 is 5.32 Å². The van der Waals surface area contributed by atoms with E-state index < -0.39 is 4.92 Å². The van der Waals surface area contributed by atoms with Crippen molar-refractivity contribution in [2.75, 3.05) is 5.32 Å². The predicted molar refractivity (Wildman–Crippen MR) is 99.7 cm³/mol. The number of benzene rings is 2. The van der Waals surface area contributed by atoms with Gasteiger partial charge in [0.25, 0.3) is 11.2 Å². The van der Waals surface area contributed by atoms with Crippen LogP contribution in [0.25, 0.3) is 10.9 Å². The van der Waals surface area contributed by atoms with Crippen LogP contribution in [0.5, 0.6) is 0 Å². The Balaban J connectivity index is 1.92. The van der Waals surface area contributed by atoms with E-state index in [2.05, 4.69) is 5.32 Å². The van der Waals surface area contributed by atoms with Crippen LogP contribution in [0.3, 0.4) is 0 Å². The monoisotopic (exact) mass is 371 g/mol. The summed E-state index contributed by atoms with van der Waals surface area (Å²) >= 11 is 5.90. The number of hydrogen-bond donors (Lipinski definition) is 1. The number of nitrogens with zero attached hydrogens (tertiary/aromatic N) is 2. The van der Waals surface area contributed by atoms with Gasteiger partial charge >= 0.3 is 0 Å². The zero-order valence-corrected chi connectivity index (χ0v) is 14.5. The van der Waals surface area contributed by atoms with Crippen molar-refractivity contribution < 1.29 is 9.72 Å². The van der Waals surface area contributed by atoms with E-state index in [1.54, 1.807) is 18.2 Å². The molecule has 2 aromatic carbocycles. The summed E-state index contributed by atoms with van der Waals surface area (Å²) in [5, 5.41) is 14.7. The second kappa shape index (κ2) is 6.97. The first kappa shape index (κ1) is 17.6. The summed E-state index contributed by atoms with van der Waals surface area (Å²) in [5.74, 6) is -0.386. The number of aromatic nitrogens is 1. The summed E-state index contributed by atoms with van der Waals surface area (Å²) in [4.78, 5) is 34.9. The molecule has 0 radical (unpaired) electrons. The van der Waals surface area contributed by atoms with Crippen LogP contribution in [0.15, 0.2) is 53.3 Å². The van der Waals surface area contributed by atoms with Gasteiger partial charge in [-0.25, -0.2) is 0 Å². The summed E-state index contributed by atoms with van der Waals surface area (Å²) < 4.78 is 1.28. The number of halogens is 1. The Morgan fingerprint density at radius 3 is 2.65 bits per heavy atom. The van der Waals surface area contributed by atoms with E-state index in [0.29, 0.717) is 21.6 Å². The molecule has 3 aromatic rings. The number of nitrogens with one attached hydrogen (secondary N) is 1. The number of non-ortho nitro benzene ring substituents is 1. The molecule has 0 bridgehead atoms. The summed E-state index contributed by atoms with van der Waals surface area (Å²) in [6.45, 7) is 1.60. The van der Waals surface area contributed by atoms with Gasteiger partial charge in [0.05, 0.1) is 10.4 Å². The Morgan fingerprint density at radius 2 is 1.96 bits per heavy atom. The maximum atomic E-state index is 12.4. The van der Waals surface area contributed by atoms with Crippen LogP contribution >= 0.6 is 11.6 Å². The van der Waals surface area contributed by atoms with Gasteiger partial charge in [0.15, 0.2) is 0 Å². The fourth-order valence-corrected chi connectivity index (χ4v) is 2.89. The summed E-state index contributed by atoms with van der Waals surface area (Å²) in [6.07, 6.45) is 0. The quantitative estimate of drug-likeness (QED) is 0.560. The molecule has 0 aliphatic heterocycles. The van der Waals surface area contributed by atoms with Crippen molar-refractivity contribution in [1.29, 1.82) is 0 Å². The van der Waals surface area contributed by atoms with E-state index in [4.69, 9.17) is 11.6 Å². The number of carbonyl (C=O) groups is 1. The van der Waals surface area contributed by atoms with Crippen molar-refractivity contribution in [3.63, 3.8) is 0 Å². The van der Waals surface area contributed by atoms with Gasteiger partial charge in [-0.2, -0.15) is 0 Å². The summed E-state index contributed by atoms with van der Waals surface area (Å²) in [7, 11) is 0. The number of aryl methyl sites for hydroxylation is 1. The van der Waals surface area contributed by atoms with Gasteiger partial charge in [0, 0.05) is 34.3 Å². The van der Waals surface area contributed by atoms with Crippen molar-refractivity contribution in [3.05, 3.63) is 79.6 Å². The molecule has 8 heteroatoms. The van der Waals surface area contributed by atoms with E-state index in [9.17, 15) is 19.7 Å². The predicted octanol–water partition coefficient (Wildman–Crippen LogP) is 3.51. The lowest BCUT2D eigenvalue weighted by molar-refractivity contribution is -0.384. The van der Waals surface area contributed by atoms with E-state index >= 15 is 0 Å². The number of hydrogen-bond acceptors (Lipinski definition) is 4. The van der Waals surface area contributed by atoms with Crippen molar-refractivity contribution in [3.8, 4) is 0 Å². The van der Waals surface area contributed by atoms with Crippen LogP contribution in [0.4, 0.5) is 11.4 Å². The third-order valence-electron chi connectivity index (χ3n) is 3.95. The number of anilines is 1. The largest absolute Gasteiger partial charge is 0.324 e. The van der Waals surface area contributed by atoms with E-state index in [0.717, 1.165) is 5.56 Å². The number of fused-ring (bicyclic) bond motifs is 1. The lowest BCUT2D eigenvalue weighted by Crippen LogP contribution is -2.27. The highest BCUT2D eigenvalue weighted by Gasteiger charge is 2.12. The number of carbonyl (C=O) groups excluding carboxylic acids is 1.